The van der Waals surface area contributed by atoms with Gasteiger partial charge in [-0.25, -0.2) is 13.6 Å². The number of nitrogens with zero attached hydrogens (tertiary/aromatic N) is 2. The molecule has 0 unspecified atom stereocenters. The monoisotopic (exact) mass is 192 g/mol. The fourth-order valence-corrected chi connectivity index (χ4v) is 1.02. The fourth-order valence-electron chi connectivity index (χ4n) is 0.606. The molecule has 0 bridgehead atoms. The van der Waals surface area contributed by atoms with Crippen LogP contribution < -0.4 is 5.14 Å². The van der Waals surface area contributed by atoms with E-state index in [2.05, 4.69) is 19.9 Å². The number of ether oxygens (including phenoxy) is 1. The molecule has 0 spiro atoms. The Morgan fingerprint density at radius 1 is 1.67 bits per heavy atom. The molecule has 1 rings (SSSR count). The lowest BCUT2D eigenvalue weighted by molar-refractivity contribution is 0.178. The highest BCUT2D eigenvalue weighted by molar-refractivity contribution is 7.89. The molecule has 1 aromatic heterocycles. The molecule has 8 heteroatoms. The Bertz CT molecular complexity index is 356. The van der Waals surface area contributed by atoms with E-state index in [-0.39, 0.29) is 6.61 Å². The number of nitrogens with two attached hydrogens (primary N) is 1. The van der Waals surface area contributed by atoms with Gasteiger partial charge in [0.25, 0.3) is 15.2 Å². The molecule has 12 heavy (non-hydrogen) atoms. The van der Waals surface area contributed by atoms with Gasteiger partial charge in [0.1, 0.15) is 6.61 Å². The second-order valence-corrected chi connectivity index (χ2v) is 3.50. The van der Waals surface area contributed by atoms with Gasteiger partial charge in [0.05, 0.1) is 0 Å². The molecule has 0 saturated carbocycles. The van der Waals surface area contributed by atoms with E-state index in [4.69, 9.17) is 5.14 Å². The van der Waals surface area contributed by atoms with Crippen molar-refractivity contribution in [3.05, 3.63) is 5.82 Å². The Morgan fingerprint density at radius 3 is 2.75 bits per heavy atom. The van der Waals surface area contributed by atoms with Crippen LogP contribution in [0.4, 0.5) is 0 Å². The number of H-pyrrole nitrogens is 1. The molecule has 0 aliphatic heterocycles. The first kappa shape index (κ1) is 9.10. The van der Waals surface area contributed by atoms with Crippen molar-refractivity contribution in [2.45, 2.75) is 11.8 Å². The van der Waals surface area contributed by atoms with Crippen LogP contribution in [0.25, 0.3) is 0 Å². The lowest BCUT2D eigenvalue weighted by Crippen LogP contribution is -2.13. The summed E-state index contributed by atoms with van der Waals surface area (Å²) in [6.07, 6.45) is 0. The van der Waals surface area contributed by atoms with Crippen molar-refractivity contribution in [1.29, 1.82) is 0 Å². The Hall–Kier alpha value is -0.990. The summed E-state index contributed by atoms with van der Waals surface area (Å²) in [7, 11) is -2.35. The van der Waals surface area contributed by atoms with Crippen molar-refractivity contribution in [2.24, 2.45) is 5.14 Å². The highest BCUT2D eigenvalue weighted by atomic mass is 32.2. The Kier molecular flexibility index (Phi) is 2.40. The predicted molar refractivity (Wildman–Crippen MR) is 38.5 cm³/mol. The number of nitrogens with one attached hydrogen (secondary N) is 1. The molecule has 0 atom stereocenters. The molecule has 0 aliphatic carbocycles. The van der Waals surface area contributed by atoms with Crippen LogP contribution in [0.1, 0.15) is 5.82 Å². The Labute approximate surface area is 69.0 Å². The standard InChI is InChI=1S/C4H8N4O3S/c1-11-2-3-6-4(8-7-3)12(5,9)10/h2H2,1H3,(H2,5,9,10)(H,6,7,8). The van der Waals surface area contributed by atoms with Gasteiger partial charge in [-0.1, -0.05) is 0 Å². The molecular weight excluding hydrogens is 184 g/mol. The lowest BCUT2D eigenvalue weighted by atomic mass is 10.7. The Morgan fingerprint density at radius 2 is 2.33 bits per heavy atom. The van der Waals surface area contributed by atoms with Gasteiger partial charge < -0.3 is 4.74 Å². The van der Waals surface area contributed by atoms with Gasteiger partial charge in [0.15, 0.2) is 5.82 Å². The first-order valence-electron chi connectivity index (χ1n) is 2.97. The minimum Gasteiger partial charge on any atom is -0.377 e. The van der Waals surface area contributed by atoms with Crippen LogP contribution in [-0.4, -0.2) is 30.7 Å². The fraction of sp³-hybridized carbons (Fsp3) is 0.500. The van der Waals surface area contributed by atoms with Crippen molar-refractivity contribution in [3.63, 3.8) is 0 Å². The normalized spacial score (nSPS) is 11.8. The summed E-state index contributed by atoms with van der Waals surface area (Å²) >= 11 is 0. The number of aromatic amines is 1. The van der Waals surface area contributed by atoms with Crippen molar-refractivity contribution < 1.29 is 13.2 Å². The van der Waals surface area contributed by atoms with Gasteiger partial charge in [-0.2, -0.15) is 4.98 Å². The topological polar surface area (TPSA) is 111 Å². The van der Waals surface area contributed by atoms with Crippen molar-refractivity contribution in [1.82, 2.24) is 15.2 Å². The zero-order chi connectivity index (χ0) is 9.19. The summed E-state index contributed by atoms with van der Waals surface area (Å²) < 4.78 is 26.0. The van der Waals surface area contributed by atoms with Crippen LogP contribution in [0, 0.1) is 0 Å². The molecule has 1 heterocycles. The lowest BCUT2D eigenvalue weighted by Gasteiger charge is -1.89. The summed E-state index contributed by atoms with van der Waals surface area (Å²) in [5.74, 6) is 0.321. The van der Waals surface area contributed by atoms with Crippen LogP contribution >= 0.6 is 0 Å². The third-order valence-corrected chi connectivity index (χ3v) is 1.74. The van der Waals surface area contributed by atoms with Crippen LogP contribution in [0.5, 0.6) is 0 Å². The molecule has 68 valence electrons. The van der Waals surface area contributed by atoms with E-state index < -0.39 is 15.2 Å². The number of methoxy groups -OCH3 is 1. The van der Waals surface area contributed by atoms with E-state index in [1.165, 1.54) is 7.11 Å². The quantitative estimate of drug-likeness (QED) is 0.611. The smallest absolute Gasteiger partial charge is 0.282 e. The number of primary sulfonamides is 1. The van der Waals surface area contributed by atoms with E-state index in [1.807, 2.05) is 0 Å². The van der Waals surface area contributed by atoms with Gasteiger partial charge in [-0.15, -0.1) is 5.10 Å². The minimum absolute atomic E-state index is 0.169. The van der Waals surface area contributed by atoms with Crippen LogP contribution in [0.2, 0.25) is 0 Å². The zero-order valence-electron chi connectivity index (χ0n) is 6.31. The average molecular weight is 192 g/mol. The predicted octanol–water partition coefficient (Wildman–Crippen LogP) is -1.40. The Balaban J connectivity index is 2.92. The van der Waals surface area contributed by atoms with Crippen LogP contribution in [0.15, 0.2) is 5.16 Å². The molecule has 7 nitrogen and oxygen atoms in total. The largest absolute Gasteiger partial charge is 0.377 e. The molecular formula is C4H8N4O3S. The summed E-state index contributed by atoms with van der Waals surface area (Å²) in [4.78, 5) is 3.57. The van der Waals surface area contributed by atoms with Gasteiger partial charge in [-0.3, -0.25) is 5.10 Å². The summed E-state index contributed by atoms with van der Waals surface area (Å²) in [6.45, 7) is 0.169. The highest BCUT2D eigenvalue weighted by Crippen LogP contribution is 1.98. The molecule has 0 fully saturated rings. The maximum atomic E-state index is 10.6. The second kappa shape index (κ2) is 3.17. The maximum absolute atomic E-state index is 10.6. The van der Waals surface area contributed by atoms with Crippen LogP contribution in [-0.2, 0) is 21.4 Å². The molecule has 0 saturated heterocycles. The first-order valence-corrected chi connectivity index (χ1v) is 4.51. The number of hydrogen-bond donors (Lipinski definition) is 2. The molecule has 0 radical (unpaired) electrons. The SMILES string of the molecule is COCc1nc(S(N)(=O)=O)n[nH]1. The number of sulfonamides is 1. The first-order chi connectivity index (χ1) is 5.54. The summed E-state index contributed by atoms with van der Waals surface area (Å²) in [5.41, 5.74) is 0. The number of hydrogen-bond acceptors (Lipinski definition) is 5. The number of aromatic nitrogens is 3. The summed E-state index contributed by atoms with van der Waals surface area (Å²) in [5, 5.41) is 10.1. The molecule has 0 aromatic carbocycles. The van der Waals surface area contributed by atoms with Gasteiger partial charge in [-0.05, 0) is 0 Å². The second-order valence-electron chi connectivity index (χ2n) is 2.04. The minimum atomic E-state index is -3.81. The van der Waals surface area contributed by atoms with Crippen LogP contribution in [0.3, 0.4) is 0 Å². The van der Waals surface area contributed by atoms with Gasteiger partial charge in [0.2, 0.25) is 0 Å². The highest BCUT2D eigenvalue weighted by Gasteiger charge is 2.13. The van der Waals surface area contributed by atoms with E-state index in [9.17, 15) is 8.42 Å². The third-order valence-electron chi connectivity index (χ3n) is 1.05. The van der Waals surface area contributed by atoms with E-state index >= 15 is 0 Å². The maximum Gasteiger partial charge on any atom is 0.282 e. The molecule has 1 aromatic rings. The van der Waals surface area contributed by atoms with Crippen molar-refractivity contribution in [2.75, 3.05) is 7.11 Å². The van der Waals surface area contributed by atoms with Gasteiger partial charge >= 0.3 is 0 Å². The third kappa shape index (κ3) is 2.00. The molecule has 0 amide bonds. The average Bonchev–Trinajstić information content (AvgIpc) is 2.35. The summed E-state index contributed by atoms with van der Waals surface area (Å²) in [6, 6.07) is 0. The van der Waals surface area contributed by atoms with E-state index in [1.54, 1.807) is 0 Å². The van der Waals surface area contributed by atoms with Crippen molar-refractivity contribution in [3.8, 4) is 0 Å². The van der Waals surface area contributed by atoms with Gasteiger partial charge in [0, 0.05) is 7.11 Å². The zero-order valence-corrected chi connectivity index (χ0v) is 7.13. The molecule has 0 aliphatic rings. The van der Waals surface area contributed by atoms with E-state index in [0.717, 1.165) is 0 Å². The van der Waals surface area contributed by atoms with E-state index in [0.29, 0.717) is 5.82 Å². The number of rotatable bonds is 3. The molecule has 3 N–H and O–H groups in total. The van der Waals surface area contributed by atoms with Crippen molar-refractivity contribution >= 4 is 10.0 Å².